The van der Waals surface area contributed by atoms with Crippen molar-refractivity contribution in [1.29, 1.82) is 0 Å². The lowest BCUT2D eigenvalue weighted by molar-refractivity contribution is -0.140. The minimum absolute atomic E-state index is 0.314. The number of carbonyl (C=O) groups excluding carboxylic acids is 3. The zero-order chi connectivity index (χ0) is 19.8. The van der Waals surface area contributed by atoms with Crippen molar-refractivity contribution < 1.29 is 19.6 Å². The Hall–Kier alpha value is -3.45. The van der Waals surface area contributed by atoms with Gasteiger partial charge in [-0.05, 0) is 23.3 Å². The summed E-state index contributed by atoms with van der Waals surface area (Å²) >= 11 is 0. The van der Waals surface area contributed by atoms with Gasteiger partial charge in [0.1, 0.15) is 0 Å². The van der Waals surface area contributed by atoms with Gasteiger partial charge in [0, 0.05) is 19.7 Å². The molecule has 0 saturated heterocycles. The standard InChI is InChI=1S/C20H21N3O4/c1-21-18(24)17(19(25)22-27)23(2)20(26)16-12-10-15(11-13-16)9-8-14-6-4-3-5-7-14/h3-13,17,27H,1-2H3,(H,21,24)(H,22,25). The SMILES string of the molecule is CNC(=O)C(C(=O)NO)N(C)C(=O)c1ccc(C=Cc2ccccc2)cc1. The van der Waals surface area contributed by atoms with Crippen LogP contribution in [0.3, 0.4) is 0 Å². The van der Waals surface area contributed by atoms with Crippen LogP contribution in [0.1, 0.15) is 21.5 Å². The van der Waals surface area contributed by atoms with Crippen molar-refractivity contribution in [3.05, 3.63) is 71.3 Å². The zero-order valence-electron chi connectivity index (χ0n) is 15.0. The van der Waals surface area contributed by atoms with Crippen LogP contribution in [-0.2, 0) is 9.59 Å². The first-order valence-corrected chi connectivity index (χ1v) is 8.24. The summed E-state index contributed by atoms with van der Waals surface area (Å²) in [5, 5.41) is 11.1. The first-order chi connectivity index (χ1) is 13.0. The summed E-state index contributed by atoms with van der Waals surface area (Å²) in [4.78, 5) is 37.2. The smallest absolute Gasteiger partial charge is 0.275 e. The third-order valence-electron chi connectivity index (χ3n) is 3.99. The molecule has 3 amide bonds. The molecule has 0 saturated carbocycles. The van der Waals surface area contributed by atoms with Crippen molar-refractivity contribution in [3.8, 4) is 0 Å². The maximum absolute atomic E-state index is 12.6. The average molecular weight is 367 g/mol. The molecule has 1 atom stereocenters. The summed E-state index contributed by atoms with van der Waals surface area (Å²) in [7, 11) is 2.66. The Kier molecular flexibility index (Phi) is 6.85. The van der Waals surface area contributed by atoms with Gasteiger partial charge < -0.3 is 10.2 Å². The first kappa shape index (κ1) is 19.9. The second-order valence-corrected chi connectivity index (χ2v) is 5.77. The van der Waals surface area contributed by atoms with Crippen LogP contribution in [0.4, 0.5) is 0 Å². The quantitative estimate of drug-likeness (QED) is 0.312. The molecule has 2 aromatic carbocycles. The van der Waals surface area contributed by atoms with Gasteiger partial charge in [0.15, 0.2) is 6.04 Å². The number of amides is 3. The molecule has 2 aromatic rings. The van der Waals surface area contributed by atoms with Crippen LogP contribution in [0, 0.1) is 0 Å². The lowest BCUT2D eigenvalue weighted by Crippen LogP contribution is -2.54. The lowest BCUT2D eigenvalue weighted by atomic mass is 10.1. The van der Waals surface area contributed by atoms with E-state index in [4.69, 9.17) is 5.21 Å². The molecular weight excluding hydrogens is 346 g/mol. The van der Waals surface area contributed by atoms with Gasteiger partial charge in [0.05, 0.1) is 0 Å². The molecule has 0 spiro atoms. The Labute approximate surface area is 157 Å². The highest BCUT2D eigenvalue weighted by molar-refractivity contribution is 6.08. The van der Waals surface area contributed by atoms with Crippen molar-refractivity contribution in [1.82, 2.24) is 15.7 Å². The molecule has 27 heavy (non-hydrogen) atoms. The monoisotopic (exact) mass is 367 g/mol. The van der Waals surface area contributed by atoms with E-state index in [1.165, 1.54) is 19.6 Å². The number of carbonyl (C=O) groups is 3. The van der Waals surface area contributed by atoms with Crippen LogP contribution >= 0.6 is 0 Å². The fraction of sp³-hybridized carbons (Fsp3) is 0.150. The number of nitrogens with zero attached hydrogens (tertiary/aromatic N) is 1. The molecule has 0 heterocycles. The van der Waals surface area contributed by atoms with Gasteiger partial charge >= 0.3 is 0 Å². The summed E-state index contributed by atoms with van der Waals surface area (Å²) in [5.41, 5.74) is 3.67. The fourth-order valence-electron chi connectivity index (χ4n) is 2.48. The minimum Gasteiger partial charge on any atom is -0.357 e. The van der Waals surface area contributed by atoms with Gasteiger partial charge in [0.2, 0.25) is 0 Å². The van der Waals surface area contributed by atoms with E-state index >= 15 is 0 Å². The van der Waals surface area contributed by atoms with Gasteiger partial charge in [-0.3, -0.25) is 19.6 Å². The van der Waals surface area contributed by atoms with Gasteiger partial charge in [-0.2, -0.15) is 0 Å². The molecule has 140 valence electrons. The number of rotatable bonds is 6. The Morgan fingerprint density at radius 3 is 2.00 bits per heavy atom. The number of hydroxylamine groups is 1. The van der Waals surface area contributed by atoms with Crippen molar-refractivity contribution in [3.63, 3.8) is 0 Å². The second-order valence-electron chi connectivity index (χ2n) is 5.77. The van der Waals surface area contributed by atoms with Crippen molar-refractivity contribution in [2.24, 2.45) is 0 Å². The van der Waals surface area contributed by atoms with Crippen molar-refractivity contribution >= 4 is 29.9 Å². The van der Waals surface area contributed by atoms with E-state index in [9.17, 15) is 14.4 Å². The highest BCUT2D eigenvalue weighted by atomic mass is 16.5. The van der Waals surface area contributed by atoms with E-state index in [2.05, 4.69) is 5.32 Å². The van der Waals surface area contributed by atoms with Crippen molar-refractivity contribution in [2.75, 3.05) is 14.1 Å². The van der Waals surface area contributed by atoms with Gasteiger partial charge in [0.25, 0.3) is 17.7 Å². The maximum atomic E-state index is 12.6. The molecule has 0 bridgehead atoms. The third kappa shape index (κ3) is 5.02. The molecule has 0 fully saturated rings. The molecular formula is C20H21N3O4. The Balaban J connectivity index is 2.15. The summed E-state index contributed by atoms with van der Waals surface area (Å²) in [6.07, 6.45) is 3.87. The maximum Gasteiger partial charge on any atom is 0.275 e. The van der Waals surface area contributed by atoms with Gasteiger partial charge in [-0.1, -0.05) is 54.6 Å². The molecule has 0 aliphatic carbocycles. The number of hydrogen-bond donors (Lipinski definition) is 3. The van der Waals surface area contributed by atoms with E-state index in [0.717, 1.165) is 16.0 Å². The Morgan fingerprint density at radius 2 is 1.48 bits per heavy atom. The minimum atomic E-state index is -1.48. The normalized spacial score (nSPS) is 11.7. The first-order valence-electron chi connectivity index (χ1n) is 8.24. The van der Waals surface area contributed by atoms with Crippen LogP contribution in [0.2, 0.25) is 0 Å². The van der Waals surface area contributed by atoms with Gasteiger partial charge in [-0.25, -0.2) is 5.48 Å². The molecule has 3 N–H and O–H groups in total. The van der Waals surface area contributed by atoms with E-state index in [0.29, 0.717) is 5.56 Å². The Morgan fingerprint density at radius 1 is 0.926 bits per heavy atom. The molecule has 1 unspecified atom stereocenters. The molecule has 7 nitrogen and oxygen atoms in total. The number of benzene rings is 2. The zero-order valence-corrected chi connectivity index (χ0v) is 15.0. The van der Waals surface area contributed by atoms with Crippen LogP contribution in [0.15, 0.2) is 54.6 Å². The highest BCUT2D eigenvalue weighted by Gasteiger charge is 2.33. The Bertz CT molecular complexity index is 816. The highest BCUT2D eigenvalue weighted by Crippen LogP contribution is 2.12. The summed E-state index contributed by atoms with van der Waals surface area (Å²) in [6, 6.07) is 15.1. The molecule has 0 radical (unpaired) electrons. The lowest BCUT2D eigenvalue weighted by Gasteiger charge is -2.25. The predicted octanol–water partition coefficient (Wildman–Crippen LogP) is 1.55. The van der Waals surface area contributed by atoms with Crippen LogP contribution in [0.25, 0.3) is 12.2 Å². The number of hydrogen-bond acceptors (Lipinski definition) is 4. The van der Waals surface area contributed by atoms with E-state index in [-0.39, 0.29) is 0 Å². The second kappa shape index (κ2) is 9.30. The summed E-state index contributed by atoms with van der Waals surface area (Å²) < 4.78 is 0. The average Bonchev–Trinajstić information content (AvgIpc) is 2.72. The predicted molar refractivity (Wildman–Crippen MR) is 102 cm³/mol. The van der Waals surface area contributed by atoms with E-state index < -0.39 is 23.8 Å². The molecule has 2 rings (SSSR count). The number of likely N-dealkylation sites (N-methyl/N-ethyl adjacent to an activating group) is 2. The molecule has 0 aliphatic heterocycles. The van der Waals surface area contributed by atoms with Crippen LogP contribution < -0.4 is 10.8 Å². The number of nitrogens with one attached hydrogen (secondary N) is 2. The molecule has 7 heteroatoms. The van der Waals surface area contributed by atoms with Crippen LogP contribution in [0.5, 0.6) is 0 Å². The third-order valence-corrected chi connectivity index (χ3v) is 3.99. The van der Waals surface area contributed by atoms with Crippen LogP contribution in [-0.4, -0.2) is 48.0 Å². The topological polar surface area (TPSA) is 98.7 Å². The van der Waals surface area contributed by atoms with E-state index in [1.54, 1.807) is 24.3 Å². The van der Waals surface area contributed by atoms with Crippen molar-refractivity contribution in [2.45, 2.75) is 6.04 Å². The summed E-state index contributed by atoms with van der Waals surface area (Å²) in [5.74, 6) is -2.22. The fourth-order valence-corrected chi connectivity index (χ4v) is 2.48. The molecule has 0 aliphatic rings. The summed E-state index contributed by atoms with van der Waals surface area (Å²) in [6.45, 7) is 0. The van der Waals surface area contributed by atoms with Gasteiger partial charge in [-0.15, -0.1) is 0 Å². The largest absolute Gasteiger partial charge is 0.357 e. The van der Waals surface area contributed by atoms with E-state index in [1.807, 2.05) is 42.5 Å². The molecule has 0 aromatic heterocycles.